The number of methoxy groups -OCH3 is 2. The van der Waals surface area contributed by atoms with Gasteiger partial charge in [0.05, 0.1) is 19.8 Å². The topological polar surface area (TPSA) is 48.0 Å². The highest BCUT2D eigenvalue weighted by Gasteiger charge is 2.18. The van der Waals surface area contributed by atoms with Crippen LogP contribution < -0.4 is 9.47 Å². The first-order valence-corrected chi connectivity index (χ1v) is 9.92. The van der Waals surface area contributed by atoms with Crippen molar-refractivity contribution >= 4 is 5.97 Å². The second-order valence-electron chi connectivity index (χ2n) is 7.38. The fraction of sp³-hybridized carbons (Fsp3) is 0.240. The van der Waals surface area contributed by atoms with Crippen LogP contribution in [0.4, 0.5) is 0 Å². The molecule has 0 fully saturated rings. The van der Waals surface area contributed by atoms with Crippen molar-refractivity contribution < 1.29 is 19.0 Å². The Morgan fingerprint density at radius 1 is 0.867 bits per heavy atom. The van der Waals surface area contributed by atoms with Crippen LogP contribution >= 0.6 is 0 Å². The van der Waals surface area contributed by atoms with Crippen molar-refractivity contribution in [2.75, 3.05) is 14.2 Å². The Balaban J connectivity index is 1.38. The van der Waals surface area contributed by atoms with Gasteiger partial charge in [0.1, 0.15) is 6.61 Å². The van der Waals surface area contributed by atoms with E-state index in [0.29, 0.717) is 17.9 Å². The van der Waals surface area contributed by atoms with E-state index in [4.69, 9.17) is 14.2 Å². The Kier molecular flexibility index (Phi) is 6.00. The van der Waals surface area contributed by atoms with E-state index in [1.165, 1.54) is 23.8 Å². The number of benzene rings is 3. The number of hydrogen-bond donors (Lipinski definition) is 0. The summed E-state index contributed by atoms with van der Waals surface area (Å²) in [6.45, 7) is 3.19. The van der Waals surface area contributed by atoms with Gasteiger partial charge in [-0.3, -0.25) is 4.90 Å². The molecule has 4 rings (SSSR count). The normalized spacial score (nSPS) is 13.0. The summed E-state index contributed by atoms with van der Waals surface area (Å²) >= 11 is 0. The first-order chi connectivity index (χ1) is 14.7. The molecule has 3 aromatic carbocycles. The molecule has 0 unspecified atom stereocenters. The lowest BCUT2D eigenvalue weighted by Gasteiger charge is -2.17. The van der Waals surface area contributed by atoms with E-state index in [1.807, 2.05) is 24.3 Å². The number of rotatable bonds is 7. The van der Waals surface area contributed by atoms with Gasteiger partial charge >= 0.3 is 5.97 Å². The predicted octanol–water partition coefficient (Wildman–Crippen LogP) is 4.58. The largest absolute Gasteiger partial charge is 0.493 e. The van der Waals surface area contributed by atoms with Gasteiger partial charge in [-0.15, -0.1) is 0 Å². The number of fused-ring (bicyclic) bond motifs is 1. The van der Waals surface area contributed by atoms with Gasteiger partial charge in [-0.05, 0) is 46.5 Å². The minimum Gasteiger partial charge on any atom is -0.493 e. The summed E-state index contributed by atoms with van der Waals surface area (Å²) < 4.78 is 16.2. The number of carbonyl (C=O) groups is 1. The summed E-state index contributed by atoms with van der Waals surface area (Å²) in [5.74, 6) is 1.07. The molecule has 0 saturated carbocycles. The maximum Gasteiger partial charge on any atom is 0.337 e. The minimum absolute atomic E-state index is 0.346. The third-order valence-electron chi connectivity index (χ3n) is 5.31. The van der Waals surface area contributed by atoms with Crippen LogP contribution in [0.3, 0.4) is 0 Å². The molecular weight excluding hydrogens is 378 g/mol. The maximum absolute atomic E-state index is 11.5. The van der Waals surface area contributed by atoms with Gasteiger partial charge in [0.2, 0.25) is 0 Å². The summed E-state index contributed by atoms with van der Waals surface area (Å²) in [5.41, 5.74) is 5.48. The van der Waals surface area contributed by atoms with Crippen molar-refractivity contribution in [3.63, 3.8) is 0 Å². The molecule has 0 N–H and O–H groups in total. The smallest absolute Gasteiger partial charge is 0.337 e. The van der Waals surface area contributed by atoms with E-state index in [0.717, 1.165) is 30.9 Å². The van der Waals surface area contributed by atoms with Crippen LogP contribution in [0, 0.1) is 0 Å². The molecule has 0 aliphatic carbocycles. The maximum atomic E-state index is 11.5. The van der Waals surface area contributed by atoms with E-state index < -0.39 is 0 Å². The zero-order chi connectivity index (χ0) is 20.9. The SMILES string of the molecule is COC(=O)c1ccc(COc2ccc(CN3Cc4ccccc4C3)cc2OC)cc1. The van der Waals surface area contributed by atoms with Crippen LogP contribution in [-0.4, -0.2) is 25.1 Å². The summed E-state index contributed by atoms with van der Waals surface area (Å²) in [6, 6.07) is 21.9. The summed E-state index contributed by atoms with van der Waals surface area (Å²) in [7, 11) is 3.03. The Morgan fingerprint density at radius 2 is 1.53 bits per heavy atom. The number of esters is 1. The van der Waals surface area contributed by atoms with Crippen molar-refractivity contribution in [1.29, 1.82) is 0 Å². The van der Waals surface area contributed by atoms with Crippen LogP contribution in [0.25, 0.3) is 0 Å². The number of carbonyl (C=O) groups excluding carboxylic acids is 1. The molecule has 30 heavy (non-hydrogen) atoms. The van der Waals surface area contributed by atoms with Crippen LogP contribution in [-0.2, 0) is 31.0 Å². The lowest BCUT2D eigenvalue weighted by molar-refractivity contribution is 0.0600. The standard InChI is InChI=1S/C25H25NO4/c1-28-24-13-19(14-26-15-21-5-3-4-6-22(21)16-26)9-12-23(24)30-17-18-7-10-20(11-8-18)25(27)29-2/h3-13H,14-17H2,1-2H3. The van der Waals surface area contributed by atoms with Crippen molar-refractivity contribution in [2.45, 2.75) is 26.2 Å². The second kappa shape index (κ2) is 9.01. The summed E-state index contributed by atoms with van der Waals surface area (Å²) in [6.07, 6.45) is 0. The van der Waals surface area contributed by atoms with E-state index in [-0.39, 0.29) is 5.97 Å². The van der Waals surface area contributed by atoms with Gasteiger partial charge in [-0.25, -0.2) is 4.79 Å². The van der Waals surface area contributed by atoms with Crippen LogP contribution in [0.5, 0.6) is 11.5 Å². The molecule has 5 heteroatoms. The van der Waals surface area contributed by atoms with E-state index >= 15 is 0 Å². The number of nitrogens with zero attached hydrogens (tertiary/aromatic N) is 1. The Labute approximate surface area is 176 Å². The Morgan fingerprint density at radius 3 is 2.17 bits per heavy atom. The minimum atomic E-state index is -0.346. The molecule has 154 valence electrons. The quantitative estimate of drug-likeness (QED) is 0.541. The van der Waals surface area contributed by atoms with Crippen LogP contribution in [0.1, 0.15) is 32.6 Å². The van der Waals surface area contributed by atoms with Gasteiger partial charge in [-0.1, -0.05) is 42.5 Å². The van der Waals surface area contributed by atoms with E-state index in [9.17, 15) is 4.79 Å². The molecule has 0 amide bonds. The van der Waals surface area contributed by atoms with Gasteiger partial charge in [0.25, 0.3) is 0 Å². The van der Waals surface area contributed by atoms with Crippen molar-refractivity contribution in [1.82, 2.24) is 4.90 Å². The second-order valence-corrected chi connectivity index (χ2v) is 7.38. The first-order valence-electron chi connectivity index (χ1n) is 9.92. The lowest BCUT2D eigenvalue weighted by atomic mass is 10.1. The van der Waals surface area contributed by atoms with E-state index in [1.54, 1.807) is 19.2 Å². The number of ether oxygens (including phenoxy) is 3. The molecule has 0 bridgehead atoms. The molecule has 1 heterocycles. The van der Waals surface area contributed by atoms with Gasteiger partial charge in [-0.2, -0.15) is 0 Å². The monoisotopic (exact) mass is 403 g/mol. The average Bonchev–Trinajstić information content (AvgIpc) is 3.20. The highest BCUT2D eigenvalue weighted by molar-refractivity contribution is 5.89. The van der Waals surface area contributed by atoms with Crippen LogP contribution in [0.15, 0.2) is 66.7 Å². The van der Waals surface area contributed by atoms with Crippen molar-refractivity contribution in [3.05, 3.63) is 94.5 Å². The van der Waals surface area contributed by atoms with Gasteiger partial charge in [0.15, 0.2) is 11.5 Å². The molecule has 0 aromatic heterocycles. The zero-order valence-corrected chi connectivity index (χ0v) is 17.3. The highest BCUT2D eigenvalue weighted by Crippen LogP contribution is 2.31. The van der Waals surface area contributed by atoms with Gasteiger partial charge in [0, 0.05) is 19.6 Å². The fourth-order valence-corrected chi connectivity index (χ4v) is 3.72. The third-order valence-corrected chi connectivity index (χ3v) is 5.31. The van der Waals surface area contributed by atoms with Crippen molar-refractivity contribution in [3.8, 4) is 11.5 Å². The molecule has 1 aliphatic rings. The third kappa shape index (κ3) is 4.47. The molecule has 5 nitrogen and oxygen atoms in total. The zero-order valence-electron chi connectivity index (χ0n) is 17.3. The van der Waals surface area contributed by atoms with E-state index in [2.05, 4.69) is 35.2 Å². The number of hydrogen-bond acceptors (Lipinski definition) is 5. The summed E-state index contributed by atoms with van der Waals surface area (Å²) in [4.78, 5) is 14.0. The molecule has 0 spiro atoms. The molecule has 0 radical (unpaired) electrons. The molecular formula is C25H25NO4. The molecule has 1 aliphatic heterocycles. The Hall–Kier alpha value is -3.31. The fourth-order valence-electron chi connectivity index (χ4n) is 3.72. The molecule has 0 atom stereocenters. The average molecular weight is 403 g/mol. The molecule has 0 saturated heterocycles. The summed E-state index contributed by atoms with van der Waals surface area (Å²) in [5, 5.41) is 0. The molecule has 3 aromatic rings. The first kappa shape index (κ1) is 20.0. The Bertz CT molecular complexity index is 1000. The lowest BCUT2D eigenvalue weighted by Crippen LogP contribution is -2.15. The predicted molar refractivity (Wildman–Crippen MR) is 115 cm³/mol. The van der Waals surface area contributed by atoms with Crippen LogP contribution in [0.2, 0.25) is 0 Å². The van der Waals surface area contributed by atoms with Crippen molar-refractivity contribution in [2.24, 2.45) is 0 Å². The highest BCUT2D eigenvalue weighted by atomic mass is 16.5. The van der Waals surface area contributed by atoms with Gasteiger partial charge < -0.3 is 14.2 Å².